The van der Waals surface area contributed by atoms with Crippen LogP contribution in [-0.2, 0) is 9.59 Å². The zero-order valence-corrected chi connectivity index (χ0v) is 14.9. The second-order valence-corrected chi connectivity index (χ2v) is 6.66. The van der Waals surface area contributed by atoms with E-state index in [0.717, 1.165) is 68.9 Å². The Morgan fingerprint density at radius 3 is 2.58 bits per heavy atom. The number of aliphatic hydroxyl groups is 1. The van der Waals surface area contributed by atoms with Gasteiger partial charge in [0.25, 0.3) is 0 Å². The number of ketones is 1. The van der Waals surface area contributed by atoms with Crippen LogP contribution in [-0.4, -0.2) is 28.1 Å². The van der Waals surface area contributed by atoms with Crippen molar-refractivity contribution in [1.29, 1.82) is 0 Å². The number of hydrogen-bond acceptors (Lipinski definition) is 3. The number of aliphatic hydroxyl groups excluding tert-OH is 1. The standard InChI is InChI=1S/C20H32O4/c1-2-3-6-9-17(21)14-12-16-13-15-19(22)18(16)10-7-4-5-8-11-20(23)24/h12,14,17,21H,2-11,13,15H2,1H3,(H,23,24). The second-order valence-electron chi connectivity index (χ2n) is 6.66. The van der Waals surface area contributed by atoms with Crippen LogP contribution in [0.25, 0.3) is 0 Å². The number of Topliss-reactive ketones (excluding diaryl/α,β-unsaturated/α-hetero) is 1. The number of carbonyl (C=O) groups excluding carboxylic acids is 1. The largest absolute Gasteiger partial charge is 0.481 e. The molecule has 0 aromatic heterocycles. The Bertz CT molecular complexity index is 462. The van der Waals surface area contributed by atoms with Crippen LogP contribution < -0.4 is 0 Å². The van der Waals surface area contributed by atoms with E-state index in [2.05, 4.69) is 6.92 Å². The number of aliphatic carboxylic acids is 1. The molecule has 4 heteroatoms. The molecule has 1 atom stereocenters. The second kappa shape index (κ2) is 12.0. The lowest BCUT2D eigenvalue weighted by Crippen LogP contribution is -2.02. The minimum Gasteiger partial charge on any atom is -0.481 e. The summed E-state index contributed by atoms with van der Waals surface area (Å²) >= 11 is 0. The third-order valence-electron chi connectivity index (χ3n) is 4.54. The van der Waals surface area contributed by atoms with E-state index >= 15 is 0 Å². The molecule has 0 saturated carbocycles. The quantitative estimate of drug-likeness (QED) is 0.483. The van der Waals surface area contributed by atoms with Crippen LogP contribution in [0, 0.1) is 0 Å². The number of unbranched alkanes of at least 4 members (excludes halogenated alkanes) is 5. The van der Waals surface area contributed by atoms with Gasteiger partial charge in [-0.1, -0.05) is 51.2 Å². The molecular formula is C20H32O4. The summed E-state index contributed by atoms with van der Waals surface area (Å²) in [4.78, 5) is 22.5. The van der Waals surface area contributed by atoms with Crippen LogP contribution in [0.2, 0.25) is 0 Å². The average molecular weight is 336 g/mol. The fourth-order valence-electron chi connectivity index (χ4n) is 3.07. The highest BCUT2D eigenvalue weighted by Crippen LogP contribution is 2.28. The fraction of sp³-hybridized carbons (Fsp3) is 0.700. The first kappa shape index (κ1) is 20.6. The van der Waals surface area contributed by atoms with Crippen molar-refractivity contribution >= 4 is 11.8 Å². The van der Waals surface area contributed by atoms with Gasteiger partial charge in [0.2, 0.25) is 0 Å². The Hall–Kier alpha value is -1.42. The maximum Gasteiger partial charge on any atom is 0.303 e. The molecule has 2 N–H and O–H groups in total. The van der Waals surface area contributed by atoms with Crippen LogP contribution in [0.15, 0.2) is 23.3 Å². The van der Waals surface area contributed by atoms with Gasteiger partial charge < -0.3 is 10.2 Å². The Kier molecular flexibility index (Phi) is 10.3. The maximum absolute atomic E-state index is 12.0. The van der Waals surface area contributed by atoms with Gasteiger partial charge in [0.15, 0.2) is 5.78 Å². The molecule has 1 aliphatic rings. The minimum absolute atomic E-state index is 0.228. The van der Waals surface area contributed by atoms with Gasteiger partial charge in [0.05, 0.1) is 6.10 Å². The highest BCUT2D eigenvalue weighted by atomic mass is 16.4. The number of carboxylic acid groups (broad SMARTS) is 1. The van der Waals surface area contributed by atoms with E-state index in [9.17, 15) is 14.7 Å². The molecule has 0 aromatic rings. The number of hydrogen-bond donors (Lipinski definition) is 2. The average Bonchev–Trinajstić information content (AvgIpc) is 2.89. The molecule has 0 saturated heterocycles. The molecule has 0 radical (unpaired) electrons. The first-order chi connectivity index (χ1) is 11.5. The topological polar surface area (TPSA) is 74.6 Å². The minimum atomic E-state index is -0.742. The Balaban J connectivity index is 2.39. The zero-order chi connectivity index (χ0) is 17.8. The van der Waals surface area contributed by atoms with Crippen molar-refractivity contribution in [3.05, 3.63) is 23.3 Å². The smallest absolute Gasteiger partial charge is 0.303 e. The third kappa shape index (κ3) is 8.44. The van der Waals surface area contributed by atoms with Crippen molar-refractivity contribution in [3.8, 4) is 0 Å². The SMILES string of the molecule is CCCCCC(O)C=CC1=C(CCCCCCC(=O)O)C(=O)CC1. The van der Waals surface area contributed by atoms with E-state index < -0.39 is 12.1 Å². The summed E-state index contributed by atoms with van der Waals surface area (Å²) in [6.45, 7) is 2.14. The summed E-state index contributed by atoms with van der Waals surface area (Å²) in [5.41, 5.74) is 2.00. The van der Waals surface area contributed by atoms with Gasteiger partial charge in [-0.25, -0.2) is 0 Å². The molecule has 0 aromatic carbocycles. The highest BCUT2D eigenvalue weighted by molar-refractivity contribution is 5.99. The lowest BCUT2D eigenvalue weighted by molar-refractivity contribution is -0.137. The van der Waals surface area contributed by atoms with Gasteiger partial charge in [0.1, 0.15) is 0 Å². The van der Waals surface area contributed by atoms with Crippen molar-refractivity contribution in [2.45, 2.75) is 90.1 Å². The van der Waals surface area contributed by atoms with Gasteiger partial charge in [-0.3, -0.25) is 9.59 Å². The number of carboxylic acids is 1. The van der Waals surface area contributed by atoms with Crippen LogP contribution in [0.3, 0.4) is 0 Å². The van der Waals surface area contributed by atoms with Gasteiger partial charge in [-0.15, -0.1) is 0 Å². The van der Waals surface area contributed by atoms with Crippen molar-refractivity contribution in [3.63, 3.8) is 0 Å². The number of rotatable bonds is 13. The monoisotopic (exact) mass is 336 g/mol. The molecule has 0 fully saturated rings. The number of carbonyl (C=O) groups is 2. The number of allylic oxidation sites excluding steroid dienone is 3. The summed E-state index contributed by atoms with van der Waals surface area (Å²) < 4.78 is 0. The van der Waals surface area contributed by atoms with E-state index in [4.69, 9.17) is 5.11 Å². The van der Waals surface area contributed by atoms with Crippen molar-refractivity contribution in [1.82, 2.24) is 0 Å². The molecule has 0 amide bonds. The maximum atomic E-state index is 12.0. The van der Waals surface area contributed by atoms with E-state index in [1.54, 1.807) is 0 Å². The van der Waals surface area contributed by atoms with Crippen LogP contribution in [0.1, 0.15) is 84.0 Å². The first-order valence-corrected chi connectivity index (χ1v) is 9.37. The predicted molar refractivity (Wildman–Crippen MR) is 95.9 cm³/mol. The molecular weight excluding hydrogens is 304 g/mol. The normalized spacial score (nSPS) is 16.3. The molecule has 1 rings (SSSR count). The highest BCUT2D eigenvalue weighted by Gasteiger charge is 2.20. The summed E-state index contributed by atoms with van der Waals surface area (Å²) in [6.07, 6.45) is 13.3. The zero-order valence-electron chi connectivity index (χ0n) is 14.9. The van der Waals surface area contributed by atoms with Crippen molar-refractivity contribution in [2.75, 3.05) is 0 Å². The molecule has 4 nitrogen and oxygen atoms in total. The van der Waals surface area contributed by atoms with E-state index in [-0.39, 0.29) is 12.2 Å². The lowest BCUT2D eigenvalue weighted by Gasteiger charge is -2.06. The van der Waals surface area contributed by atoms with Crippen molar-refractivity contribution < 1.29 is 19.8 Å². The van der Waals surface area contributed by atoms with Crippen LogP contribution >= 0.6 is 0 Å². The Morgan fingerprint density at radius 2 is 1.88 bits per heavy atom. The summed E-state index contributed by atoms with van der Waals surface area (Å²) in [6, 6.07) is 0. The van der Waals surface area contributed by atoms with E-state index in [1.165, 1.54) is 0 Å². The molecule has 1 unspecified atom stereocenters. The van der Waals surface area contributed by atoms with E-state index in [1.807, 2.05) is 12.2 Å². The molecule has 24 heavy (non-hydrogen) atoms. The fourth-order valence-corrected chi connectivity index (χ4v) is 3.07. The first-order valence-electron chi connectivity index (χ1n) is 9.37. The molecule has 0 aliphatic heterocycles. The molecule has 0 spiro atoms. The summed E-state index contributed by atoms with van der Waals surface area (Å²) in [5.74, 6) is -0.505. The van der Waals surface area contributed by atoms with Gasteiger partial charge in [-0.05, 0) is 43.3 Å². The van der Waals surface area contributed by atoms with Gasteiger partial charge in [-0.2, -0.15) is 0 Å². The van der Waals surface area contributed by atoms with E-state index in [0.29, 0.717) is 12.8 Å². The summed E-state index contributed by atoms with van der Waals surface area (Å²) in [5, 5.41) is 18.6. The molecule has 0 bridgehead atoms. The Morgan fingerprint density at radius 1 is 1.12 bits per heavy atom. The van der Waals surface area contributed by atoms with Crippen LogP contribution in [0.4, 0.5) is 0 Å². The molecule has 1 aliphatic carbocycles. The van der Waals surface area contributed by atoms with Crippen LogP contribution in [0.5, 0.6) is 0 Å². The third-order valence-corrected chi connectivity index (χ3v) is 4.54. The van der Waals surface area contributed by atoms with Crippen molar-refractivity contribution in [2.24, 2.45) is 0 Å². The lowest BCUT2D eigenvalue weighted by atomic mass is 10.0. The molecule has 0 heterocycles. The molecule has 136 valence electrons. The predicted octanol–water partition coefficient (Wildman–Crippen LogP) is 4.57. The summed E-state index contributed by atoms with van der Waals surface area (Å²) in [7, 11) is 0. The van der Waals surface area contributed by atoms with Gasteiger partial charge >= 0.3 is 5.97 Å². The Labute approximate surface area is 145 Å². The van der Waals surface area contributed by atoms with Gasteiger partial charge in [0, 0.05) is 12.8 Å².